The molecule has 16 heavy (non-hydrogen) atoms. The molecule has 0 radical (unpaired) electrons. The summed E-state index contributed by atoms with van der Waals surface area (Å²) in [5.74, 6) is -0.344. The Bertz CT molecular complexity index is 366. The molecule has 1 aliphatic heterocycles. The summed E-state index contributed by atoms with van der Waals surface area (Å²) < 4.78 is 14.4. The monoisotopic (exact) mass is 287 g/mol. The van der Waals surface area contributed by atoms with Gasteiger partial charge in [0.25, 0.3) is 0 Å². The van der Waals surface area contributed by atoms with Crippen LogP contribution in [0.25, 0.3) is 0 Å². The summed E-state index contributed by atoms with van der Waals surface area (Å²) in [6.45, 7) is 0.900. The van der Waals surface area contributed by atoms with Crippen molar-refractivity contribution in [3.8, 4) is 0 Å². The number of nitrogens with one attached hydrogen (secondary N) is 1. The van der Waals surface area contributed by atoms with Crippen molar-refractivity contribution in [2.75, 3.05) is 6.54 Å². The normalized spacial score (nSPS) is 23.1. The molecule has 1 aliphatic rings. The van der Waals surface area contributed by atoms with Crippen LogP contribution in [0.2, 0.25) is 0 Å². The van der Waals surface area contributed by atoms with Crippen LogP contribution in [-0.2, 0) is 0 Å². The lowest BCUT2D eigenvalue weighted by atomic mass is 9.95. The summed E-state index contributed by atoms with van der Waals surface area (Å²) in [5.41, 5.74) is 0.369. The number of hydrogen-bond acceptors (Lipinski definition) is 2. The van der Waals surface area contributed by atoms with Gasteiger partial charge in [0.1, 0.15) is 5.82 Å². The van der Waals surface area contributed by atoms with Crippen molar-refractivity contribution in [3.63, 3.8) is 0 Å². The quantitative estimate of drug-likeness (QED) is 0.877. The Hall–Kier alpha value is -0.450. The van der Waals surface area contributed by atoms with Crippen LogP contribution in [0.1, 0.15) is 30.9 Å². The van der Waals surface area contributed by atoms with E-state index < -0.39 is 6.10 Å². The molecule has 4 heteroatoms. The van der Waals surface area contributed by atoms with Gasteiger partial charge in [-0.05, 0) is 37.6 Å². The first-order valence-electron chi connectivity index (χ1n) is 5.55. The van der Waals surface area contributed by atoms with E-state index in [0.29, 0.717) is 5.56 Å². The molecule has 0 bridgehead atoms. The molecule has 1 saturated heterocycles. The number of rotatable bonds is 2. The third kappa shape index (κ3) is 2.62. The van der Waals surface area contributed by atoms with Crippen LogP contribution in [0.3, 0.4) is 0 Å². The molecule has 2 nitrogen and oxygen atoms in total. The van der Waals surface area contributed by atoms with E-state index in [1.807, 2.05) is 0 Å². The average molecular weight is 288 g/mol. The molecule has 1 aromatic carbocycles. The van der Waals surface area contributed by atoms with Crippen molar-refractivity contribution in [1.29, 1.82) is 0 Å². The summed E-state index contributed by atoms with van der Waals surface area (Å²) in [7, 11) is 0. The molecule has 0 spiro atoms. The number of aliphatic hydroxyl groups excluding tert-OH is 1. The zero-order valence-electron chi connectivity index (χ0n) is 8.92. The first-order chi connectivity index (χ1) is 7.68. The first kappa shape index (κ1) is 12.0. The maximum absolute atomic E-state index is 13.6. The molecule has 2 atom stereocenters. The lowest BCUT2D eigenvalue weighted by Crippen LogP contribution is -2.39. The van der Waals surface area contributed by atoms with Gasteiger partial charge >= 0.3 is 0 Å². The number of hydrogen-bond donors (Lipinski definition) is 2. The highest BCUT2D eigenvalue weighted by Gasteiger charge is 2.24. The highest BCUT2D eigenvalue weighted by molar-refractivity contribution is 9.10. The van der Waals surface area contributed by atoms with Crippen LogP contribution in [0.15, 0.2) is 22.7 Å². The Kier molecular flexibility index (Phi) is 3.95. The Balaban J connectivity index is 2.18. The predicted molar refractivity (Wildman–Crippen MR) is 64.7 cm³/mol. The Labute approximate surface area is 103 Å². The third-order valence-corrected chi connectivity index (χ3v) is 3.50. The molecule has 0 aromatic heterocycles. The molecule has 1 aromatic rings. The second-order valence-electron chi connectivity index (χ2n) is 4.17. The summed E-state index contributed by atoms with van der Waals surface area (Å²) in [6.07, 6.45) is 2.35. The highest BCUT2D eigenvalue weighted by Crippen LogP contribution is 2.27. The molecule has 0 aliphatic carbocycles. The second-order valence-corrected chi connectivity index (χ2v) is 5.08. The van der Waals surface area contributed by atoms with Crippen LogP contribution >= 0.6 is 15.9 Å². The molecule has 2 rings (SSSR count). The summed E-state index contributed by atoms with van der Waals surface area (Å²) in [4.78, 5) is 0. The zero-order chi connectivity index (χ0) is 11.5. The second kappa shape index (κ2) is 5.25. The molecule has 1 heterocycles. The van der Waals surface area contributed by atoms with Crippen LogP contribution in [-0.4, -0.2) is 17.7 Å². The van der Waals surface area contributed by atoms with E-state index in [2.05, 4.69) is 21.2 Å². The number of aliphatic hydroxyl groups is 1. The number of benzene rings is 1. The Morgan fingerprint density at radius 2 is 2.25 bits per heavy atom. The molecular weight excluding hydrogens is 273 g/mol. The van der Waals surface area contributed by atoms with Gasteiger partial charge in [-0.1, -0.05) is 22.4 Å². The van der Waals surface area contributed by atoms with Crippen molar-refractivity contribution in [3.05, 3.63) is 34.1 Å². The van der Waals surface area contributed by atoms with Gasteiger partial charge in [-0.2, -0.15) is 0 Å². The van der Waals surface area contributed by atoms with Gasteiger partial charge < -0.3 is 10.4 Å². The van der Waals surface area contributed by atoms with E-state index in [0.717, 1.165) is 30.3 Å². The van der Waals surface area contributed by atoms with Crippen LogP contribution in [0.5, 0.6) is 0 Å². The van der Waals surface area contributed by atoms with Crippen molar-refractivity contribution < 1.29 is 9.50 Å². The Morgan fingerprint density at radius 1 is 1.44 bits per heavy atom. The van der Waals surface area contributed by atoms with E-state index in [1.54, 1.807) is 12.1 Å². The fourth-order valence-corrected chi connectivity index (χ4v) is 2.49. The topological polar surface area (TPSA) is 32.3 Å². The minimum Gasteiger partial charge on any atom is -0.387 e. The maximum Gasteiger partial charge on any atom is 0.129 e. The van der Waals surface area contributed by atoms with E-state index in [-0.39, 0.29) is 11.9 Å². The van der Waals surface area contributed by atoms with Gasteiger partial charge in [-0.15, -0.1) is 0 Å². The average Bonchev–Trinajstić information content (AvgIpc) is 2.32. The standard InChI is InChI=1S/C12H15BrFNO/c13-8-4-5-10(14)9(7-8)12(16)11-3-1-2-6-15-11/h4-5,7,11-12,15-16H,1-3,6H2. The molecule has 2 N–H and O–H groups in total. The third-order valence-electron chi connectivity index (χ3n) is 3.01. The molecule has 88 valence electrons. The van der Waals surface area contributed by atoms with Gasteiger partial charge in [0.15, 0.2) is 0 Å². The molecule has 1 fully saturated rings. The van der Waals surface area contributed by atoms with Gasteiger partial charge in [-0.25, -0.2) is 4.39 Å². The number of piperidine rings is 1. The SMILES string of the molecule is OC(c1cc(Br)ccc1F)C1CCCCN1. The predicted octanol–water partition coefficient (Wildman–Crippen LogP) is 2.76. The van der Waals surface area contributed by atoms with E-state index >= 15 is 0 Å². The van der Waals surface area contributed by atoms with Gasteiger partial charge in [0.2, 0.25) is 0 Å². The molecule has 2 unspecified atom stereocenters. The maximum atomic E-state index is 13.6. The van der Waals surface area contributed by atoms with E-state index in [1.165, 1.54) is 6.07 Å². The lowest BCUT2D eigenvalue weighted by Gasteiger charge is -2.28. The fourth-order valence-electron chi connectivity index (χ4n) is 2.11. The van der Waals surface area contributed by atoms with Gasteiger partial charge in [-0.3, -0.25) is 0 Å². The number of halogens is 2. The van der Waals surface area contributed by atoms with E-state index in [4.69, 9.17) is 0 Å². The summed E-state index contributed by atoms with van der Waals surface area (Å²) >= 11 is 3.29. The lowest BCUT2D eigenvalue weighted by molar-refractivity contribution is 0.110. The van der Waals surface area contributed by atoms with Gasteiger partial charge in [0.05, 0.1) is 6.10 Å². The van der Waals surface area contributed by atoms with Crippen molar-refractivity contribution in [1.82, 2.24) is 5.32 Å². The highest BCUT2D eigenvalue weighted by atomic mass is 79.9. The minimum atomic E-state index is -0.766. The van der Waals surface area contributed by atoms with Crippen molar-refractivity contribution >= 4 is 15.9 Å². The van der Waals surface area contributed by atoms with Crippen molar-refractivity contribution in [2.24, 2.45) is 0 Å². The van der Waals surface area contributed by atoms with Crippen LogP contribution in [0, 0.1) is 5.82 Å². The first-order valence-corrected chi connectivity index (χ1v) is 6.34. The summed E-state index contributed by atoms with van der Waals surface area (Å²) in [5, 5.41) is 13.4. The van der Waals surface area contributed by atoms with Crippen LogP contribution in [0.4, 0.5) is 4.39 Å². The fraction of sp³-hybridized carbons (Fsp3) is 0.500. The largest absolute Gasteiger partial charge is 0.387 e. The summed E-state index contributed by atoms with van der Waals surface area (Å²) in [6, 6.07) is 4.64. The van der Waals surface area contributed by atoms with Gasteiger partial charge in [0, 0.05) is 16.1 Å². The molecular formula is C12H15BrFNO. The molecule has 0 saturated carbocycles. The zero-order valence-corrected chi connectivity index (χ0v) is 10.5. The van der Waals surface area contributed by atoms with Crippen LogP contribution < -0.4 is 5.32 Å². The minimum absolute atomic E-state index is 0.0300. The Morgan fingerprint density at radius 3 is 2.94 bits per heavy atom. The van der Waals surface area contributed by atoms with E-state index in [9.17, 15) is 9.50 Å². The van der Waals surface area contributed by atoms with Crippen molar-refractivity contribution in [2.45, 2.75) is 31.4 Å². The molecule has 0 amide bonds. The smallest absolute Gasteiger partial charge is 0.129 e.